The van der Waals surface area contributed by atoms with Crippen LogP contribution in [0.5, 0.6) is 0 Å². The van der Waals surface area contributed by atoms with Gasteiger partial charge in [-0.25, -0.2) is 16.8 Å². The Morgan fingerprint density at radius 1 is 0.800 bits per heavy atom. The molecule has 2 atom stereocenters. The van der Waals surface area contributed by atoms with Crippen LogP contribution >= 0.6 is 0 Å². The summed E-state index contributed by atoms with van der Waals surface area (Å²) >= 11 is 0. The van der Waals surface area contributed by atoms with Gasteiger partial charge < -0.3 is 0 Å². The molecule has 2 aliphatic heterocycles. The fourth-order valence-corrected chi connectivity index (χ4v) is 10.4. The van der Waals surface area contributed by atoms with E-state index in [9.17, 15) is 33.7 Å². The molecule has 0 aliphatic carbocycles. The van der Waals surface area contributed by atoms with Crippen molar-refractivity contribution >= 4 is 39.9 Å². The Hall–Kier alpha value is -0.280. The molecular weight excluding hydrogens is 420 g/mol. The summed E-state index contributed by atoms with van der Waals surface area (Å²) in [5, 5.41) is 0. The zero-order valence-electron chi connectivity index (χ0n) is 13.2. The van der Waals surface area contributed by atoms with E-state index in [4.69, 9.17) is 4.18 Å². The minimum Gasteiger partial charge on any atom is -0.269 e. The molecule has 2 rings (SSSR count). The van der Waals surface area contributed by atoms with Crippen LogP contribution in [0.2, 0.25) is 0 Å². The van der Waals surface area contributed by atoms with Crippen molar-refractivity contribution in [2.45, 2.75) is 36.4 Å². The van der Waals surface area contributed by atoms with E-state index >= 15 is 0 Å². The molecule has 0 amide bonds. The van der Waals surface area contributed by atoms with Crippen molar-refractivity contribution in [1.82, 2.24) is 0 Å². The van der Waals surface area contributed by atoms with Crippen LogP contribution in [-0.2, 0) is 48.3 Å². The molecule has 148 valence electrons. The average molecular weight is 441 g/mol. The van der Waals surface area contributed by atoms with Crippen LogP contribution in [0, 0.1) is 0 Å². The predicted octanol–water partition coefficient (Wildman–Crippen LogP) is -1.21. The van der Waals surface area contributed by atoms with Crippen LogP contribution < -0.4 is 0 Å². The summed E-state index contributed by atoms with van der Waals surface area (Å²) in [6.07, 6.45) is -1.65. The molecule has 0 N–H and O–H groups in total. The summed E-state index contributed by atoms with van der Waals surface area (Å²) in [5.74, 6) is -2.22. The Morgan fingerprint density at radius 2 is 1.48 bits per heavy atom. The Morgan fingerprint density at radius 3 is 2.16 bits per heavy atom. The first-order chi connectivity index (χ1) is 11.3. The summed E-state index contributed by atoms with van der Waals surface area (Å²) in [6.45, 7) is -0.128. The number of hydrogen-bond acceptors (Lipinski definition) is 10. The summed E-state index contributed by atoms with van der Waals surface area (Å²) in [4.78, 5) is 0. The first-order valence-electron chi connectivity index (χ1n) is 7.54. The summed E-state index contributed by atoms with van der Waals surface area (Å²) in [7, 11) is -16.2. The molecular formula is C11H20O10S4. The van der Waals surface area contributed by atoms with E-state index in [0.717, 1.165) is 0 Å². The van der Waals surface area contributed by atoms with Gasteiger partial charge in [0.05, 0.1) is 35.7 Å². The molecule has 0 aromatic carbocycles. The lowest BCUT2D eigenvalue weighted by Crippen LogP contribution is -2.37. The Labute approximate surface area is 148 Å². The zero-order chi connectivity index (χ0) is 18.9. The second-order valence-electron chi connectivity index (χ2n) is 5.99. The SMILES string of the molecule is O=S1(=O)CCS(=O)(=O)OC(CCC2S(=O)(=O)CCCCOS2(=O)=O)C1. The summed E-state index contributed by atoms with van der Waals surface area (Å²) in [5.41, 5.74) is 0. The van der Waals surface area contributed by atoms with Gasteiger partial charge in [0.2, 0.25) is 0 Å². The van der Waals surface area contributed by atoms with Gasteiger partial charge in [-0.3, -0.25) is 8.37 Å². The molecule has 0 saturated carbocycles. The van der Waals surface area contributed by atoms with Crippen molar-refractivity contribution in [3.8, 4) is 0 Å². The molecule has 25 heavy (non-hydrogen) atoms. The third-order valence-corrected chi connectivity index (χ3v) is 12.0. The highest BCUT2D eigenvalue weighted by Gasteiger charge is 2.41. The first-order valence-corrected chi connectivity index (χ1v) is 14.1. The van der Waals surface area contributed by atoms with E-state index in [1.54, 1.807) is 0 Å². The van der Waals surface area contributed by atoms with Crippen molar-refractivity contribution in [3.63, 3.8) is 0 Å². The molecule has 2 fully saturated rings. The maximum atomic E-state index is 12.2. The van der Waals surface area contributed by atoms with E-state index in [1.165, 1.54) is 0 Å². The number of sulfone groups is 2. The van der Waals surface area contributed by atoms with Crippen molar-refractivity contribution in [3.05, 3.63) is 0 Å². The fourth-order valence-electron chi connectivity index (χ4n) is 2.62. The largest absolute Gasteiger partial charge is 0.284 e. The van der Waals surface area contributed by atoms with Gasteiger partial charge in [0.1, 0.15) is 0 Å². The molecule has 10 nitrogen and oxygen atoms in total. The molecule has 2 heterocycles. The molecule has 2 unspecified atom stereocenters. The second-order valence-corrected chi connectivity index (χ2v) is 14.3. The maximum absolute atomic E-state index is 12.2. The first kappa shape index (κ1) is 21.0. The lowest BCUT2D eigenvalue weighted by molar-refractivity contribution is 0.220. The Bertz CT molecular complexity index is 826. The number of hydrogen-bond donors (Lipinski definition) is 0. The maximum Gasteiger partial charge on any atom is 0.284 e. The van der Waals surface area contributed by atoms with Crippen molar-refractivity contribution in [2.24, 2.45) is 0 Å². The van der Waals surface area contributed by atoms with Gasteiger partial charge >= 0.3 is 0 Å². The molecule has 2 aliphatic rings. The van der Waals surface area contributed by atoms with E-state index < -0.39 is 74.3 Å². The highest BCUT2D eigenvalue weighted by molar-refractivity contribution is 8.07. The van der Waals surface area contributed by atoms with Gasteiger partial charge in [0.25, 0.3) is 20.2 Å². The van der Waals surface area contributed by atoms with Crippen molar-refractivity contribution in [1.29, 1.82) is 0 Å². The topological polar surface area (TPSA) is 155 Å². The summed E-state index contributed by atoms with van der Waals surface area (Å²) < 4.78 is 103. The quantitative estimate of drug-likeness (QED) is 0.488. The second kappa shape index (κ2) is 7.38. The molecule has 0 aromatic rings. The molecule has 0 aromatic heterocycles. The monoisotopic (exact) mass is 440 g/mol. The third kappa shape index (κ3) is 5.85. The van der Waals surface area contributed by atoms with Gasteiger partial charge in [-0.05, 0) is 25.7 Å². The van der Waals surface area contributed by atoms with Crippen LogP contribution in [0.15, 0.2) is 0 Å². The smallest absolute Gasteiger partial charge is 0.269 e. The van der Waals surface area contributed by atoms with Crippen molar-refractivity contribution < 1.29 is 42.0 Å². The van der Waals surface area contributed by atoms with Gasteiger partial charge in [-0.1, -0.05) is 0 Å². The van der Waals surface area contributed by atoms with Crippen LogP contribution in [-0.4, -0.2) is 74.0 Å². The van der Waals surface area contributed by atoms with Crippen LogP contribution in [0.25, 0.3) is 0 Å². The molecule has 0 radical (unpaired) electrons. The van der Waals surface area contributed by atoms with Gasteiger partial charge in [-0.15, -0.1) is 0 Å². The lowest BCUT2D eigenvalue weighted by Gasteiger charge is -2.22. The lowest BCUT2D eigenvalue weighted by atomic mass is 10.2. The van der Waals surface area contributed by atoms with Gasteiger partial charge in [0, 0.05) is 0 Å². The van der Waals surface area contributed by atoms with Crippen LogP contribution in [0.4, 0.5) is 0 Å². The molecule has 0 spiro atoms. The van der Waals surface area contributed by atoms with E-state index in [1.807, 2.05) is 0 Å². The minimum atomic E-state index is -4.40. The van der Waals surface area contributed by atoms with E-state index in [-0.39, 0.29) is 31.6 Å². The van der Waals surface area contributed by atoms with Crippen molar-refractivity contribution in [2.75, 3.05) is 29.6 Å². The highest BCUT2D eigenvalue weighted by Crippen LogP contribution is 2.25. The zero-order valence-corrected chi connectivity index (χ0v) is 16.5. The van der Waals surface area contributed by atoms with Gasteiger partial charge in [-0.2, -0.15) is 16.8 Å². The fraction of sp³-hybridized carbons (Fsp3) is 1.00. The molecule has 2 saturated heterocycles. The van der Waals surface area contributed by atoms with Gasteiger partial charge in [0.15, 0.2) is 24.3 Å². The normalized spacial score (nSPS) is 34.2. The highest BCUT2D eigenvalue weighted by atomic mass is 32.3. The average Bonchev–Trinajstić information content (AvgIpc) is 2.52. The molecule has 0 bridgehead atoms. The minimum absolute atomic E-state index is 0.128. The Kier molecular flexibility index (Phi) is 6.21. The van der Waals surface area contributed by atoms with Crippen LogP contribution in [0.1, 0.15) is 25.7 Å². The number of rotatable bonds is 3. The molecule has 14 heteroatoms. The standard InChI is InChI=1S/C11H20O10S4/c12-22(13)7-8-24(16,17)21-10(9-22)3-4-11-23(14,15)6-2-1-5-20-25(11,18)19/h10-11H,1-9H2. The van der Waals surface area contributed by atoms with E-state index in [0.29, 0.717) is 0 Å². The van der Waals surface area contributed by atoms with Crippen LogP contribution in [0.3, 0.4) is 0 Å². The third-order valence-electron chi connectivity index (χ3n) is 3.88. The van der Waals surface area contributed by atoms with E-state index in [2.05, 4.69) is 4.18 Å². The summed E-state index contributed by atoms with van der Waals surface area (Å²) in [6, 6.07) is 0. The predicted molar refractivity (Wildman–Crippen MR) is 88.2 cm³/mol. The Balaban J connectivity index is 2.21.